The summed E-state index contributed by atoms with van der Waals surface area (Å²) in [5.41, 5.74) is 1.76. The molecule has 2 aliphatic heterocycles. The molecule has 1 aromatic carbocycles. The Hall–Kier alpha value is -1.20. The Morgan fingerprint density at radius 2 is 1.86 bits per heavy atom. The summed E-state index contributed by atoms with van der Waals surface area (Å²) in [4.78, 5) is 0. The minimum absolute atomic E-state index is 0.217. The van der Waals surface area contributed by atoms with Gasteiger partial charge >= 0.3 is 0 Å². The zero-order valence-corrected chi connectivity index (χ0v) is 12.2. The van der Waals surface area contributed by atoms with Crippen molar-refractivity contribution in [2.24, 2.45) is 0 Å². The van der Waals surface area contributed by atoms with Gasteiger partial charge in [-0.25, -0.2) is 8.78 Å². The largest absolute Gasteiger partial charge is 0.381 e. The van der Waals surface area contributed by atoms with E-state index in [4.69, 9.17) is 0 Å². The number of nitrogens with one attached hydrogen (secondary N) is 3. The van der Waals surface area contributed by atoms with Crippen LogP contribution in [0.25, 0.3) is 0 Å². The Kier molecular flexibility index (Phi) is 4.40. The molecule has 0 saturated carbocycles. The third-order valence-electron chi connectivity index (χ3n) is 4.46. The monoisotopic (exact) mass is 295 g/mol. The van der Waals surface area contributed by atoms with Crippen LogP contribution in [-0.4, -0.2) is 38.1 Å². The number of halogens is 2. The molecule has 3 nitrogen and oxygen atoms in total. The molecule has 2 saturated heterocycles. The van der Waals surface area contributed by atoms with Gasteiger partial charge in [-0.1, -0.05) is 12.1 Å². The third-order valence-corrected chi connectivity index (χ3v) is 4.46. The second-order valence-corrected chi connectivity index (χ2v) is 6.09. The normalized spacial score (nSPS) is 29.0. The van der Waals surface area contributed by atoms with Crippen LogP contribution in [0.5, 0.6) is 0 Å². The Morgan fingerprint density at radius 1 is 1.05 bits per heavy atom. The maximum atomic E-state index is 13.9. The van der Waals surface area contributed by atoms with Crippen molar-refractivity contribution in [3.8, 4) is 0 Å². The second kappa shape index (κ2) is 6.28. The van der Waals surface area contributed by atoms with Crippen molar-refractivity contribution in [1.29, 1.82) is 0 Å². The van der Waals surface area contributed by atoms with Gasteiger partial charge < -0.3 is 16.0 Å². The fourth-order valence-corrected chi connectivity index (χ4v) is 3.27. The maximum absolute atomic E-state index is 13.9. The van der Waals surface area contributed by atoms with E-state index in [1.807, 2.05) is 24.3 Å². The molecule has 0 radical (unpaired) electrons. The van der Waals surface area contributed by atoms with Crippen molar-refractivity contribution in [1.82, 2.24) is 10.6 Å². The van der Waals surface area contributed by atoms with Crippen molar-refractivity contribution in [2.75, 3.05) is 31.5 Å². The molecule has 0 spiro atoms. The number of piperidine rings is 2. The Balaban J connectivity index is 1.65. The van der Waals surface area contributed by atoms with Crippen molar-refractivity contribution < 1.29 is 8.78 Å². The highest BCUT2D eigenvalue weighted by molar-refractivity contribution is 5.46. The molecule has 5 heteroatoms. The smallest absolute Gasteiger partial charge is 0.267 e. The molecule has 0 aliphatic carbocycles. The molecular formula is C16H23F2N3. The van der Waals surface area contributed by atoms with Gasteiger partial charge in [-0.05, 0) is 50.0 Å². The summed E-state index contributed by atoms with van der Waals surface area (Å²) in [5, 5.41) is 9.60. The van der Waals surface area contributed by atoms with Crippen molar-refractivity contribution in [3.63, 3.8) is 0 Å². The summed E-state index contributed by atoms with van der Waals surface area (Å²) in [6, 6.07) is 8.00. The first-order valence-corrected chi connectivity index (χ1v) is 7.81. The quantitative estimate of drug-likeness (QED) is 0.802. The molecule has 3 N–H and O–H groups in total. The lowest BCUT2D eigenvalue weighted by Crippen LogP contribution is -2.44. The number of benzene rings is 1. The zero-order chi connectivity index (χ0) is 14.7. The van der Waals surface area contributed by atoms with Crippen LogP contribution in [0.1, 0.15) is 30.7 Å². The van der Waals surface area contributed by atoms with Crippen LogP contribution in [0.3, 0.4) is 0 Å². The number of hydrogen-bond donors (Lipinski definition) is 3. The average molecular weight is 295 g/mol. The topological polar surface area (TPSA) is 36.1 Å². The van der Waals surface area contributed by atoms with E-state index < -0.39 is 11.8 Å². The lowest BCUT2D eigenvalue weighted by molar-refractivity contribution is -0.0420. The van der Waals surface area contributed by atoms with E-state index in [0.29, 0.717) is 19.0 Å². The Bertz CT molecular complexity index is 455. The summed E-state index contributed by atoms with van der Waals surface area (Å²) in [6.45, 7) is 2.50. The maximum Gasteiger partial charge on any atom is 0.267 e. The van der Waals surface area contributed by atoms with Gasteiger partial charge in [-0.3, -0.25) is 0 Å². The van der Waals surface area contributed by atoms with Gasteiger partial charge in [0, 0.05) is 18.3 Å². The number of rotatable bonds is 3. The van der Waals surface area contributed by atoms with Gasteiger partial charge in [0.1, 0.15) is 0 Å². The fourth-order valence-electron chi connectivity index (χ4n) is 3.27. The van der Waals surface area contributed by atoms with Crippen LogP contribution in [-0.2, 0) is 0 Å². The Labute approximate surface area is 124 Å². The van der Waals surface area contributed by atoms with Gasteiger partial charge in [0.25, 0.3) is 5.92 Å². The predicted octanol–water partition coefficient (Wildman–Crippen LogP) is 2.56. The summed E-state index contributed by atoms with van der Waals surface area (Å²) < 4.78 is 27.9. The molecule has 2 fully saturated rings. The molecule has 116 valence electrons. The van der Waals surface area contributed by atoms with E-state index in [9.17, 15) is 8.78 Å². The lowest BCUT2D eigenvalue weighted by Gasteiger charge is -2.32. The number of hydrogen-bond acceptors (Lipinski definition) is 3. The molecule has 2 atom stereocenters. The summed E-state index contributed by atoms with van der Waals surface area (Å²) in [6.07, 6.45) is 2.82. The van der Waals surface area contributed by atoms with E-state index in [1.165, 1.54) is 6.42 Å². The van der Waals surface area contributed by atoms with E-state index >= 15 is 0 Å². The first-order valence-electron chi connectivity index (χ1n) is 7.81. The third kappa shape index (κ3) is 3.52. The van der Waals surface area contributed by atoms with E-state index in [0.717, 1.165) is 30.8 Å². The minimum Gasteiger partial charge on any atom is -0.381 e. The fraction of sp³-hybridized carbons (Fsp3) is 0.625. The molecule has 0 amide bonds. The molecule has 2 unspecified atom stereocenters. The number of anilines is 1. The van der Waals surface area contributed by atoms with Crippen molar-refractivity contribution in [3.05, 3.63) is 29.8 Å². The SMILES string of the molecule is FC1(F)CNCCC1c1ccc(NC2CCCNC2)cc1. The first-order chi connectivity index (χ1) is 10.1. The van der Waals surface area contributed by atoms with Crippen molar-refractivity contribution >= 4 is 5.69 Å². The summed E-state index contributed by atoms with van der Waals surface area (Å²) in [7, 11) is 0. The second-order valence-electron chi connectivity index (χ2n) is 6.09. The van der Waals surface area contributed by atoms with Crippen LogP contribution in [0, 0.1) is 0 Å². The summed E-state index contributed by atoms with van der Waals surface area (Å²) >= 11 is 0. The van der Waals surface area contributed by atoms with Gasteiger partial charge in [-0.2, -0.15) is 0 Å². The minimum atomic E-state index is -2.65. The van der Waals surface area contributed by atoms with Gasteiger partial charge in [-0.15, -0.1) is 0 Å². The molecule has 1 aromatic rings. The molecule has 2 heterocycles. The van der Waals surface area contributed by atoms with Crippen molar-refractivity contribution in [2.45, 2.75) is 37.1 Å². The highest BCUT2D eigenvalue weighted by Crippen LogP contribution is 2.38. The number of alkyl halides is 2. The van der Waals surface area contributed by atoms with Crippen LogP contribution in [0.2, 0.25) is 0 Å². The van der Waals surface area contributed by atoms with E-state index in [-0.39, 0.29) is 6.54 Å². The average Bonchev–Trinajstić information content (AvgIpc) is 2.49. The lowest BCUT2D eigenvalue weighted by atomic mass is 9.87. The van der Waals surface area contributed by atoms with Crippen LogP contribution in [0.15, 0.2) is 24.3 Å². The zero-order valence-electron chi connectivity index (χ0n) is 12.2. The highest BCUT2D eigenvalue weighted by Gasteiger charge is 2.42. The van der Waals surface area contributed by atoms with Crippen LogP contribution >= 0.6 is 0 Å². The van der Waals surface area contributed by atoms with Crippen LogP contribution < -0.4 is 16.0 Å². The van der Waals surface area contributed by atoms with Crippen LogP contribution in [0.4, 0.5) is 14.5 Å². The molecule has 2 aliphatic rings. The molecule has 0 aromatic heterocycles. The molecule has 3 rings (SSSR count). The Morgan fingerprint density at radius 3 is 2.52 bits per heavy atom. The van der Waals surface area contributed by atoms with E-state index in [2.05, 4.69) is 16.0 Å². The molecule has 0 bridgehead atoms. The molecule has 21 heavy (non-hydrogen) atoms. The standard InChI is InChI=1S/C16H23F2N3/c17-16(18)11-20-9-7-15(16)12-3-5-13(6-4-12)21-14-2-1-8-19-10-14/h3-6,14-15,19-21H,1-2,7-11H2. The van der Waals surface area contributed by atoms with Gasteiger partial charge in [0.05, 0.1) is 12.5 Å². The summed E-state index contributed by atoms with van der Waals surface area (Å²) in [5.74, 6) is -3.32. The molecular weight excluding hydrogens is 272 g/mol. The van der Waals surface area contributed by atoms with E-state index in [1.54, 1.807) is 0 Å². The highest BCUT2D eigenvalue weighted by atomic mass is 19.3. The van der Waals surface area contributed by atoms with Gasteiger partial charge in [0.15, 0.2) is 0 Å². The first kappa shape index (κ1) is 14.7. The predicted molar refractivity (Wildman–Crippen MR) is 81.1 cm³/mol. The van der Waals surface area contributed by atoms with Gasteiger partial charge in [0.2, 0.25) is 0 Å².